The van der Waals surface area contributed by atoms with Crippen molar-refractivity contribution in [1.82, 2.24) is 0 Å². The number of carbonyl (C=O) groups is 1. The summed E-state index contributed by atoms with van der Waals surface area (Å²) in [5.74, 6) is 0.746. The maximum Gasteiger partial charge on any atom is 0.224 e. The summed E-state index contributed by atoms with van der Waals surface area (Å²) in [6.45, 7) is 7.79. The van der Waals surface area contributed by atoms with Crippen molar-refractivity contribution in [2.75, 3.05) is 24.3 Å². The first-order valence-corrected chi connectivity index (χ1v) is 7.72. The number of carbonyl (C=O) groups excluding carboxylic acids is 1. The molecule has 0 aliphatic rings. The van der Waals surface area contributed by atoms with E-state index < -0.39 is 0 Å². The molecule has 1 aromatic rings. The van der Waals surface area contributed by atoms with E-state index in [4.69, 9.17) is 10.5 Å². The van der Waals surface area contributed by atoms with Crippen molar-refractivity contribution in [3.05, 3.63) is 23.8 Å². The summed E-state index contributed by atoms with van der Waals surface area (Å²) in [6, 6.07) is 5.48. The van der Waals surface area contributed by atoms with Gasteiger partial charge in [-0.2, -0.15) is 0 Å². The van der Waals surface area contributed by atoms with Crippen molar-refractivity contribution in [1.29, 1.82) is 0 Å². The van der Waals surface area contributed by atoms with Crippen LogP contribution >= 0.6 is 0 Å². The molecule has 21 heavy (non-hydrogen) atoms. The van der Waals surface area contributed by atoms with Gasteiger partial charge in [0.05, 0.1) is 0 Å². The molecule has 0 atom stereocenters. The molecule has 0 aliphatic heterocycles. The van der Waals surface area contributed by atoms with Gasteiger partial charge in [0, 0.05) is 31.0 Å². The van der Waals surface area contributed by atoms with E-state index in [2.05, 4.69) is 19.2 Å². The van der Waals surface area contributed by atoms with Gasteiger partial charge >= 0.3 is 0 Å². The lowest BCUT2D eigenvalue weighted by Gasteiger charge is -2.09. The highest BCUT2D eigenvalue weighted by molar-refractivity contribution is 5.91. The molecule has 4 heteroatoms. The molecule has 0 fully saturated rings. The maximum absolute atomic E-state index is 11.8. The minimum Gasteiger partial charge on any atom is -0.399 e. The van der Waals surface area contributed by atoms with Gasteiger partial charge in [0.1, 0.15) is 0 Å². The molecular formula is C17H28N2O2. The Kier molecular flexibility index (Phi) is 7.83. The van der Waals surface area contributed by atoms with E-state index in [1.165, 1.54) is 6.42 Å². The predicted octanol–water partition coefficient (Wildman–Crippen LogP) is 3.75. The highest BCUT2D eigenvalue weighted by Crippen LogP contribution is 2.17. The zero-order valence-corrected chi connectivity index (χ0v) is 13.4. The molecule has 3 N–H and O–H groups in total. The van der Waals surface area contributed by atoms with Gasteiger partial charge in [0.25, 0.3) is 0 Å². The van der Waals surface area contributed by atoms with Gasteiger partial charge in [-0.25, -0.2) is 0 Å². The Bertz CT molecular complexity index is 444. The molecule has 0 saturated carbocycles. The Morgan fingerprint density at radius 1 is 1.29 bits per heavy atom. The largest absolute Gasteiger partial charge is 0.399 e. The minimum atomic E-state index is 0.0219. The highest BCUT2D eigenvalue weighted by Gasteiger charge is 2.05. The van der Waals surface area contributed by atoms with Crippen molar-refractivity contribution < 1.29 is 9.53 Å². The number of hydrogen-bond acceptors (Lipinski definition) is 3. The SMILES string of the molecule is Cc1cc(N)ccc1NC(=O)CCCOCCCC(C)C. The number of amides is 1. The van der Waals surface area contributed by atoms with Crippen molar-refractivity contribution in [3.63, 3.8) is 0 Å². The second-order valence-electron chi connectivity index (χ2n) is 5.87. The number of benzene rings is 1. The second kappa shape index (κ2) is 9.40. The summed E-state index contributed by atoms with van der Waals surface area (Å²) in [6.07, 6.45) is 3.51. The van der Waals surface area contributed by atoms with E-state index in [1.54, 1.807) is 6.07 Å². The maximum atomic E-state index is 11.8. The standard InChI is InChI=1S/C17H28N2O2/c1-13(2)6-4-10-21-11-5-7-17(20)19-16-9-8-15(18)12-14(16)3/h8-9,12-13H,4-7,10-11,18H2,1-3H3,(H,19,20). The average molecular weight is 292 g/mol. The third-order valence-electron chi connectivity index (χ3n) is 3.29. The monoisotopic (exact) mass is 292 g/mol. The molecule has 0 radical (unpaired) electrons. The van der Waals surface area contributed by atoms with Crippen LogP contribution in [0, 0.1) is 12.8 Å². The van der Waals surface area contributed by atoms with Crippen molar-refractivity contribution >= 4 is 17.3 Å². The Morgan fingerprint density at radius 2 is 2.00 bits per heavy atom. The third kappa shape index (κ3) is 7.71. The Balaban J connectivity index is 2.14. The zero-order chi connectivity index (χ0) is 15.7. The van der Waals surface area contributed by atoms with Crippen LogP contribution in [0.15, 0.2) is 18.2 Å². The quantitative estimate of drug-likeness (QED) is 0.538. The number of anilines is 2. The molecule has 1 aromatic carbocycles. The van der Waals surface area contributed by atoms with Crippen LogP contribution in [0.4, 0.5) is 11.4 Å². The Morgan fingerprint density at radius 3 is 2.67 bits per heavy atom. The summed E-state index contributed by atoms with van der Waals surface area (Å²) in [4.78, 5) is 11.8. The van der Waals surface area contributed by atoms with Crippen molar-refractivity contribution in [3.8, 4) is 0 Å². The third-order valence-corrected chi connectivity index (χ3v) is 3.29. The van der Waals surface area contributed by atoms with Crippen LogP contribution in [0.1, 0.15) is 45.1 Å². The van der Waals surface area contributed by atoms with Crippen molar-refractivity contribution in [2.45, 2.75) is 46.5 Å². The number of hydrogen-bond donors (Lipinski definition) is 2. The van der Waals surface area contributed by atoms with Gasteiger partial charge in [-0.1, -0.05) is 13.8 Å². The first kappa shape index (κ1) is 17.5. The normalized spacial score (nSPS) is 10.9. The van der Waals surface area contributed by atoms with Gasteiger partial charge in [-0.05, 0) is 55.9 Å². The van der Waals surface area contributed by atoms with Crippen LogP contribution in [-0.4, -0.2) is 19.1 Å². The fourth-order valence-electron chi connectivity index (χ4n) is 2.07. The van der Waals surface area contributed by atoms with Gasteiger partial charge in [0.2, 0.25) is 5.91 Å². The number of ether oxygens (including phenoxy) is 1. The lowest BCUT2D eigenvalue weighted by atomic mass is 10.1. The Hall–Kier alpha value is -1.55. The van der Waals surface area contributed by atoms with Crippen molar-refractivity contribution in [2.24, 2.45) is 5.92 Å². The minimum absolute atomic E-state index is 0.0219. The van der Waals surface area contributed by atoms with Crippen LogP contribution in [0.3, 0.4) is 0 Å². The van der Waals surface area contributed by atoms with E-state index in [0.717, 1.165) is 36.6 Å². The molecular weight excluding hydrogens is 264 g/mol. The smallest absolute Gasteiger partial charge is 0.224 e. The fourth-order valence-corrected chi connectivity index (χ4v) is 2.07. The molecule has 4 nitrogen and oxygen atoms in total. The summed E-state index contributed by atoms with van der Waals surface area (Å²) in [5, 5.41) is 2.90. The molecule has 0 aromatic heterocycles. The molecule has 1 amide bonds. The number of nitrogens with one attached hydrogen (secondary N) is 1. The van der Waals surface area contributed by atoms with Crippen LogP contribution in [0.5, 0.6) is 0 Å². The van der Waals surface area contributed by atoms with Gasteiger partial charge < -0.3 is 15.8 Å². The highest BCUT2D eigenvalue weighted by atomic mass is 16.5. The summed E-state index contributed by atoms with van der Waals surface area (Å²) in [7, 11) is 0. The molecule has 0 unspecified atom stereocenters. The fraction of sp³-hybridized carbons (Fsp3) is 0.588. The van der Waals surface area contributed by atoms with E-state index in [1.807, 2.05) is 19.1 Å². The summed E-state index contributed by atoms with van der Waals surface area (Å²) >= 11 is 0. The summed E-state index contributed by atoms with van der Waals surface area (Å²) in [5.41, 5.74) is 8.20. The molecule has 0 bridgehead atoms. The van der Waals surface area contributed by atoms with Crippen LogP contribution in [0.25, 0.3) is 0 Å². The first-order valence-electron chi connectivity index (χ1n) is 7.72. The number of nitrogen functional groups attached to an aromatic ring is 1. The summed E-state index contributed by atoms with van der Waals surface area (Å²) < 4.78 is 5.53. The van der Waals surface area contributed by atoms with Gasteiger partial charge in [-0.15, -0.1) is 0 Å². The van der Waals surface area contributed by atoms with E-state index in [-0.39, 0.29) is 5.91 Å². The predicted molar refractivity (Wildman–Crippen MR) is 88.3 cm³/mol. The lowest BCUT2D eigenvalue weighted by molar-refractivity contribution is -0.116. The molecule has 1 rings (SSSR count). The lowest BCUT2D eigenvalue weighted by Crippen LogP contribution is -2.13. The second-order valence-corrected chi connectivity index (χ2v) is 5.87. The Labute approximate surface area is 128 Å². The topological polar surface area (TPSA) is 64.3 Å². The van der Waals surface area contributed by atoms with Gasteiger partial charge in [0.15, 0.2) is 0 Å². The number of aryl methyl sites for hydroxylation is 1. The first-order chi connectivity index (χ1) is 9.99. The van der Waals surface area contributed by atoms with Crippen LogP contribution in [-0.2, 0) is 9.53 Å². The van der Waals surface area contributed by atoms with Crippen LogP contribution < -0.4 is 11.1 Å². The van der Waals surface area contributed by atoms with E-state index >= 15 is 0 Å². The molecule has 0 spiro atoms. The number of nitrogens with two attached hydrogens (primary N) is 1. The molecule has 0 aliphatic carbocycles. The van der Waals surface area contributed by atoms with Gasteiger partial charge in [-0.3, -0.25) is 4.79 Å². The average Bonchev–Trinajstić information content (AvgIpc) is 2.40. The molecule has 0 saturated heterocycles. The number of rotatable bonds is 9. The molecule has 0 heterocycles. The van der Waals surface area contributed by atoms with E-state index in [0.29, 0.717) is 18.7 Å². The van der Waals surface area contributed by atoms with Crippen LogP contribution in [0.2, 0.25) is 0 Å². The molecule has 118 valence electrons. The zero-order valence-electron chi connectivity index (χ0n) is 13.4. The van der Waals surface area contributed by atoms with E-state index in [9.17, 15) is 4.79 Å².